The quantitative estimate of drug-likeness (QED) is 0.772. The highest BCUT2D eigenvalue weighted by Crippen LogP contribution is 2.27. The molecule has 1 nitrogen and oxygen atoms in total. The van der Waals surface area contributed by atoms with Gasteiger partial charge in [-0.3, -0.25) is 0 Å². The van der Waals surface area contributed by atoms with E-state index in [2.05, 4.69) is 58.5 Å². The van der Waals surface area contributed by atoms with E-state index in [4.69, 9.17) is 4.74 Å². The molecule has 0 spiro atoms. The summed E-state index contributed by atoms with van der Waals surface area (Å²) in [6.07, 6.45) is 0. The fraction of sp³-hybridized carbons (Fsp3) is 0.538. The fourth-order valence-electron chi connectivity index (χ4n) is 1.43. The van der Waals surface area contributed by atoms with Crippen LogP contribution in [0.15, 0.2) is 18.2 Å². The van der Waals surface area contributed by atoms with Crippen LogP contribution in [0.25, 0.3) is 0 Å². The predicted octanol–water partition coefficient (Wildman–Crippen LogP) is 3.60. The second kappa shape index (κ2) is 4.93. The van der Waals surface area contributed by atoms with Crippen LogP contribution in [0.1, 0.15) is 31.9 Å². The minimum Gasteiger partial charge on any atom is -0.492 e. The summed E-state index contributed by atoms with van der Waals surface area (Å²) in [6, 6.07) is 6.40. The van der Waals surface area contributed by atoms with Gasteiger partial charge in [-0.2, -0.15) is 12.6 Å². The molecule has 1 aromatic carbocycles. The van der Waals surface area contributed by atoms with Crippen LogP contribution in [-0.2, 0) is 5.41 Å². The summed E-state index contributed by atoms with van der Waals surface area (Å²) in [5.41, 5.74) is 2.75. The monoisotopic (exact) mass is 224 g/mol. The van der Waals surface area contributed by atoms with Gasteiger partial charge in [-0.25, -0.2) is 0 Å². The van der Waals surface area contributed by atoms with E-state index in [1.165, 1.54) is 11.1 Å². The standard InChI is InChI=1S/C13H20OS/c1-10-9-11(13(2,3)4)5-6-12(10)14-7-8-15/h5-6,9,15H,7-8H2,1-4H3. The minimum atomic E-state index is 0.201. The van der Waals surface area contributed by atoms with Gasteiger partial charge in [0.2, 0.25) is 0 Å². The summed E-state index contributed by atoms with van der Waals surface area (Å²) in [4.78, 5) is 0. The van der Waals surface area contributed by atoms with Gasteiger partial charge in [0.05, 0.1) is 6.61 Å². The van der Waals surface area contributed by atoms with Crippen LogP contribution < -0.4 is 4.74 Å². The third kappa shape index (κ3) is 3.45. The molecule has 0 radical (unpaired) electrons. The van der Waals surface area contributed by atoms with Crippen molar-refractivity contribution in [3.05, 3.63) is 29.3 Å². The molecule has 1 rings (SSSR count). The molecule has 1 aromatic rings. The second-order valence-corrected chi connectivity index (χ2v) is 5.25. The first-order chi connectivity index (χ1) is 6.95. The maximum atomic E-state index is 5.58. The Morgan fingerprint density at radius 3 is 2.40 bits per heavy atom. The molecule has 0 amide bonds. The molecule has 0 saturated carbocycles. The Kier molecular flexibility index (Phi) is 4.09. The molecule has 0 fully saturated rings. The Morgan fingerprint density at radius 2 is 1.93 bits per heavy atom. The van der Waals surface area contributed by atoms with Crippen LogP contribution >= 0.6 is 12.6 Å². The number of rotatable bonds is 3. The first kappa shape index (κ1) is 12.4. The molecular formula is C13H20OS. The summed E-state index contributed by atoms with van der Waals surface area (Å²) in [5.74, 6) is 1.72. The van der Waals surface area contributed by atoms with Gasteiger partial charge in [0, 0.05) is 5.75 Å². The van der Waals surface area contributed by atoms with Gasteiger partial charge in [0.15, 0.2) is 0 Å². The molecule has 0 atom stereocenters. The minimum absolute atomic E-state index is 0.201. The maximum Gasteiger partial charge on any atom is 0.122 e. The normalized spacial score (nSPS) is 11.5. The Hall–Kier alpha value is -0.630. The largest absolute Gasteiger partial charge is 0.492 e. The van der Waals surface area contributed by atoms with Crippen molar-refractivity contribution in [2.75, 3.05) is 12.4 Å². The second-order valence-electron chi connectivity index (χ2n) is 4.80. The lowest BCUT2D eigenvalue weighted by Gasteiger charge is -2.20. The molecule has 0 aromatic heterocycles. The van der Waals surface area contributed by atoms with Crippen LogP contribution in [-0.4, -0.2) is 12.4 Å². The maximum absolute atomic E-state index is 5.58. The van der Waals surface area contributed by atoms with Gasteiger partial charge in [0.1, 0.15) is 5.75 Å². The van der Waals surface area contributed by atoms with Crippen molar-refractivity contribution < 1.29 is 4.74 Å². The fourth-order valence-corrected chi connectivity index (χ4v) is 1.52. The van der Waals surface area contributed by atoms with E-state index >= 15 is 0 Å². The lowest BCUT2D eigenvalue weighted by molar-refractivity contribution is 0.341. The van der Waals surface area contributed by atoms with Gasteiger partial charge >= 0.3 is 0 Å². The average molecular weight is 224 g/mol. The number of hydrogen-bond acceptors (Lipinski definition) is 2. The molecule has 0 aliphatic rings. The number of thiol groups is 1. The van der Waals surface area contributed by atoms with Gasteiger partial charge in [-0.1, -0.05) is 32.9 Å². The van der Waals surface area contributed by atoms with E-state index in [9.17, 15) is 0 Å². The summed E-state index contributed by atoms with van der Waals surface area (Å²) >= 11 is 4.13. The van der Waals surface area contributed by atoms with Gasteiger partial charge in [0.25, 0.3) is 0 Å². The summed E-state index contributed by atoms with van der Waals surface area (Å²) in [7, 11) is 0. The van der Waals surface area contributed by atoms with E-state index in [-0.39, 0.29) is 5.41 Å². The lowest BCUT2D eigenvalue weighted by atomic mass is 9.86. The third-order valence-electron chi connectivity index (χ3n) is 2.39. The number of benzene rings is 1. The molecular weight excluding hydrogens is 204 g/mol. The highest BCUT2D eigenvalue weighted by atomic mass is 32.1. The zero-order chi connectivity index (χ0) is 11.5. The molecule has 0 unspecified atom stereocenters. The number of ether oxygens (including phenoxy) is 1. The highest BCUT2D eigenvalue weighted by Gasteiger charge is 2.14. The lowest BCUT2D eigenvalue weighted by Crippen LogP contribution is -2.11. The van der Waals surface area contributed by atoms with Crippen molar-refractivity contribution in [3.63, 3.8) is 0 Å². The van der Waals surface area contributed by atoms with E-state index in [1.54, 1.807) is 0 Å². The zero-order valence-electron chi connectivity index (χ0n) is 10.0. The smallest absolute Gasteiger partial charge is 0.122 e. The van der Waals surface area contributed by atoms with Gasteiger partial charge < -0.3 is 4.74 Å². The van der Waals surface area contributed by atoms with Crippen molar-refractivity contribution in [1.29, 1.82) is 0 Å². The van der Waals surface area contributed by atoms with E-state index in [1.807, 2.05) is 0 Å². The zero-order valence-corrected chi connectivity index (χ0v) is 10.9. The topological polar surface area (TPSA) is 9.23 Å². The van der Waals surface area contributed by atoms with Crippen molar-refractivity contribution in [2.24, 2.45) is 0 Å². The molecule has 84 valence electrons. The van der Waals surface area contributed by atoms with Crippen molar-refractivity contribution in [2.45, 2.75) is 33.1 Å². The SMILES string of the molecule is Cc1cc(C(C)(C)C)ccc1OCCS. The Morgan fingerprint density at radius 1 is 1.27 bits per heavy atom. The van der Waals surface area contributed by atoms with Crippen LogP contribution in [0, 0.1) is 6.92 Å². The first-order valence-electron chi connectivity index (χ1n) is 5.30. The molecule has 0 N–H and O–H groups in total. The summed E-state index contributed by atoms with van der Waals surface area (Å²) < 4.78 is 5.58. The van der Waals surface area contributed by atoms with E-state index < -0.39 is 0 Å². The number of hydrogen-bond donors (Lipinski definition) is 1. The Balaban J connectivity index is 2.88. The van der Waals surface area contributed by atoms with Crippen LogP contribution in [0.2, 0.25) is 0 Å². The molecule has 0 aliphatic heterocycles. The molecule has 0 saturated heterocycles. The van der Waals surface area contributed by atoms with Crippen LogP contribution in [0.4, 0.5) is 0 Å². The molecule has 2 heteroatoms. The predicted molar refractivity (Wildman–Crippen MR) is 69.2 cm³/mol. The number of aryl methyl sites for hydroxylation is 1. The molecule has 0 heterocycles. The molecule has 0 aliphatic carbocycles. The highest BCUT2D eigenvalue weighted by molar-refractivity contribution is 7.80. The van der Waals surface area contributed by atoms with E-state index in [0.717, 1.165) is 11.5 Å². The Bertz CT molecular complexity index is 326. The summed E-state index contributed by atoms with van der Waals surface area (Å²) in [5, 5.41) is 0. The van der Waals surface area contributed by atoms with Crippen LogP contribution in [0.5, 0.6) is 5.75 Å². The van der Waals surface area contributed by atoms with E-state index in [0.29, 0.717) is 6.61 Å². The average Bonchev–Trinajstić information content (AvgIpc) is 2.14. The molecule has 0 bridgehead atoms. The van der Waals surface area contributed by atoms with Crippen molar-refractivity contribution in [1.82, 2.24) is 0 Å². The van der Waals surface area contributed by atoms with Gasteiger partial charge in [-0.15, -0.1) is 0 Å². The molecule has 15 heavy (non-hydrogen) atoms. The summed E-state index contributed by atoms with van der Waals surface area (Å²) in [6.45, 7) is 9.41. The van der Waals surface area contributed by atoms with Gasteiger partial charge in [-0.05, 0) is 29.5 Å². The third-order valence-corrected chi connectivity index (χ3v) is 2.57. The van der Waals surface area contributed by atoms with Crippen molar-refractivity contribution in [3.8, 4) is 5.75 Å². The van der Waals surface area contributed by atoms with Crippen LogP contribution in [0.3, 0.4) is 0 Å². The van der Waals surface area contributed by atoms with Crippen molar-refractivity contribution >= 4 is 12.6 Å². The Labute approximate surface area is 98.3 Å². The first-order valence-corrected chi connectivity index (χ1v) is 5.93.